The number of nitrogens with two attached hydrogens (primary N) is 1. The van der Waals surface area contributed by atoms with Gasteiger partial charge in [-0.05, 0) is 12.2 Å². The largest absolute Gasteiger partial charge is 0.369 e. The second kappa shape index (κ2) is 3.05. The molecule has 2 atom stereocenters. The van der Waals surface area contributed by atoms with Crippen molar-refractivity contribution in [2.24, 2.45) is 15.7 Å². The molecule has 2 heterocycles. The summed E-state index contributed by atoms with van der Waals surface area (Å²) in [6, 6.07) is 0.0915. The van der Waals surface area contributed by atoms with E-state index in [1.165, 1.54) is 0 Å². The number of aliphatic hydroxyl groups is 1. The lowest BCUT2D eigenvalue weighted by Crippen LogP contribution is -2.37. The molecule has 0 aromatic carbocycles. The normalized spacial score (nSPS) is 31.2. The maximum absolute atomic E-state index is 9.39. The maximum Gasteiger partial charge on any atom is 0.196 e. The third-order valence-corrected chi connectivity index (χ3v) is 2.99. The Labute approximate surface area is 93.0 Å². The Hall–Kier alpha value is -1.88. The molecular formula is C11H12N4O. The van der Waals surface area contributed by atoms with Crippen LogP contribution >= 0.6 is 0 Å². The summed E-state index contributed by atoms with van der Waals surface area (Å²) in [6.07, 6.45) is 6.65. The van der Waals surface area contributed by atoms with Gasteiger partial charge in [-0.2, -0.15) is 0 Å². The molecule has 3 aliphatic rings. The van der Waals surface area contributed by atoms with Gasteiger partial charge in [-0.3, -0.25) is 0 Å². The maximum atomic E-state index is 9.39. The molecule has 2 unspecified atom stereocenters. The van der Waals surface area contributed by atoms with E-state index in [1.54, 1.807) is 6.08 Å². The lowest BCUT2D eigenvalue weighted by molar-refractivity contribution is 0.233. The monoisotopic (exact) mass is 216 g/mol. The summed E-state index contributed by atoms with van der Waals surface area (Å²) < 4.78 is 0. The Balaban J connectivity index is 2.13. The van der Waals surface area contributed by atoms with Gasteiger partial charge in [0.2, 0.25) is 0 Å². The SMILES string of the molecule is CN1C(N)=NC2=C3C=CC(O)N=C3C=CC21. The summed E-state index contributed by atoms with van der Waals surface area (Å²) in [5.41, 5.74) is 8.41. The van der Waals surface area contributed by atoms with Gasteiger partial charge in [0.1, 0.15) is 0 Å². The van der Waals surface area contributed by atoms with Gasteiger partial charge in [-0.15, -0.1) is 0 Å². The molecule has 0 aromatic rings. The van der Waals surface area contributed by atoms with Gasteiger partial charge in [0.05, 0.1) is 17.5 Å². The molecule has 2 aliphatic heterocycles. The highest BCUT2D eigenvalue weighted by molar-refractivity contribution is 6.13. The Morgan fingerprint density at radius 1 is 1.38 bits per heavy atom. The van der Waals surface area contributed by atoms with Crippen LogP contribution in [0.4, 0.5) is 0 Å². The summed E-state index contributed by atoms with van der Waals surface area (Å²) in [6.45, 7) is 0. The first-order chi connectivity index (χ1) is 7.66. The fraction of sp³-hybridized carbons (Fsp3) is 0.273. The fourth-order valence-electron chi connectivity index (χ4n) is 2.09. The Kier molecular flexibility index (Phi) is 1.79. The zero-order valence-electron chi connectivity index (χ0n) is 8.83. The van der Waals surface area contributed by atoms with Crippen molar-refractivity contribution in [1.82, 2.24) is 4.90 Å². The van der Waals surface area contributed by atoms with E-state index < -0.39 is 6.23 Å². The van der Waals surface area contributed by atoms with Crippen LogP contribution in [-0.4, -0.2) is 41.0 Å². The highest BCUT2D eigenvalue weighted by Gasteiger charge is 2.32. The van der Waals surface area contributed by atoms with E-state index >= 15 is 0 Å². The minimum absolute atomic E-state index is 0.0915. The molecule has 0 radical (unpaired) electrons. The molecule has 16 heavy (non-hydrogen) atoms. The third-order valence-electron chi connectivity index (χ3n) is 2.99. The second-order valence-electron chi connectivity index (χ2n) is 3.97. The van der Waals surface area contributed by atoms with Gasteiger partial charge in [0.25, 0.3) is 0 Å². The van der Waals surface area contributed by atoms with Crippen LogP contribution in [0.1, 0.15) is 0 Å². The molecule has 0 spiro atoms. The van der Waals surface area contributed by atoms with E-state index in [4.69, 9.17) is 5.73 Å². The van der Waals surface area contributed by atoms with Crippen molar-refractivity contribution in [3.05, 3.63) is 35.6 Å². The number of allylic oxidation sites excluding steroid dienone is 3. The summed E-state index contributed by atoms with van der Waals surface area (Å²) in [7, 11) is 1.91. The van der Waals surface area contributed by atoms with Crippen LogP contribution in [0.15, 0.2) is 45.6 Å². The lowest BCUT2D eigenvalue weighted by Gasteiger charge is -2.24. The first kappa shape index (κ1) is 9.35. The van der Waals surface area contributed by atoms with E-state index in [1.807, 2.05) is 30.2 Å². The van der Waals surface area contributed by atoms with Crippen molar-refractivity contribution in [3.63, 3.8) is 0 Å². The molecule has 0 fully saturated rings. The van der Waals surface area contributed by atoms with E-state index in [0.29, 0.717) is 5.96 Å². The van der Waals surface area contributed by atoms with E-state index in [2.05, 4.69) is 9.98 Å². The van der Waals surface area contributed by atoms with Crippen molar-refractivity contribution in [2.75, 3.05) is 7.05 Å². The highest BCUT2D eigenvalue weighted by Crippen LogP contribution is 2.29. The average Bonchev–Trinajstić information content (AvgIpc) is 2.55. The molecule has 5 nitrogen and oxygen atoms in total. The molecule has 0 amide bonds. The highest BCUT2D eigenvalue weighted by atomic mass is 16.3. The third kappa shape index (κ3) is 1.15. The Bertz CT molecular complexity index is 498. The van der Waals surface area contributed by atoms with Gasteiger partial charge in [-0.1, -0.05) is 12.2 Å². The zero-order valence-corrected chi connectivity index (χ0v) is 8.83. The average molecular weight is 216 g/mol. The van der Waals surface area contributed by atoms with Crippen LogP contribution < -0.4 is 5.73 Å². The number of aliphatic imine (C=N–C) groups is 2. The Morgan fingerprint density at radius 3 is 3.00 bits per heavy atom. The van der Waals surface area contributed by atoms with Gasteiger partial charge in [0, 0.05) is 12.6 Å². The number of hydrogen-bond donors (Lipinski definition) is 2. The van der Waals surface area contributed by atoms with Gasteiger partial charge < -0.3 is 15.7 Å². The van der Waals surface area contributed by atoms with Crippen LogP contribution in [0.25, 0.3) is 0 Å². The fourth-order valence-corrected chi connectivity index (χ4v) is 2.09. The first-order valence-corrected chi connectivity index (χ1v) is 5.10. The molecule has 82 valence electrons. The van der Waals surface area contributed by atoms with Crippen LogP contribution in [0, 0.1) is 0 Å². The minimum atomic E-state index is -0.749. The van der Waals surface area contributed by atoms with Crippen molar-refractivity contribution in [1.29, 1.82) is 0 Å². The van der Waals surface area contributed by atoms with Crippen LogP contribution in [0.3, 0.4) is 0 Å². The van der Waals surface area contributed by atoms with E-state index in [9.17, 15) is 5.11 Å². The van der Waals surface area contributed by atoms with Crippen LogP contribution in [0.2, 0.25) is 0 Å². The number of hydrogen-bond acceptors (Lipinski definition) is 5. The van der Waals surface area contributed by atoms with Crippen LogP contribution in [-0.2, 0) is 0 Å². The molecule has 0 aromatic heterocycles. The molecule has 0 bridgehead atoms. The molecular weight excluding hydrogens is 204 g/mol. The number of fused-ring (bicyclic) bond motifs is 2. The summed E-state index contributed by atoms with van der Waals surface area (Å²) in [4.78, 5) is 10.4. The lowest BCUT2D eigenvalue weighted by atomic mass is 9.95. The number of aliphatic hydroxyl groups excluding tert-OH is 1. The molecule has 5 heteroatoms. The molecule has 0 saturated heterocycles. The standard InChI is InChI=1S/C11H12N4O/c1-15-8-4-3-7-6(2-5-9(16)13-7)10(8)14-11(15)12/h2-5,8-9,16H,1H3,(H2,12,14). The van der Waals surface area contributed by atoms with Gasteiger partial charge >= 0.3 is 0 Å². The molecule has 1 aliphatic carbocycles. The number of likely N-dealkylation sites (N-methyl/N-ethyl adjacent to an activating group) is 1. The number of rotatable bonds is 0. The second-order valence-corrected chi connectivity index (χ2v) is 3.97. The van der Waals surface area contributed by atoms with E-state index in [-0.39, 0.29) is 6.04 Å². The number of dihydropyridines is 1. The van der Waals surface area contributed by atoms with Crippen molar-refractivity contribution < 1.29 is 5.11 Å². The predicted octanol–water partition coefficient (Wildman–Crippen LogP) is -0.232. The van der Waals surface area contributed by atoms with Gasteiger partial charge in [-0.25, -0.2) is 9.98 Å². The molecule has 3 N–H and O–H groups in total. The smallest absolute Gasteiger partial charge is 0.196 e. The Morgan fingerprint density at radius 2 is 2.19 bits per heavy atom. The van der Waals surface area contributed by atoms with E-state index in [0.717, 1.165) is 17.0 Å². The zero-order chi connectivity index (χ0) is 11.3. The van der Waals surface area contributed by atoms with Crippen molar-refractivity contribution in [3.8, 4) is 0 Å². The van der Waals surface area contributed by atoms with Gasteiger partial charge in [0.15, 0.2) is 12.2 Å². The van der Waals surface area contributed by atoms with Crippen molar-refractivity contribution in [2.45, 2.75) is 12.3 Å². The topological polar surface area (TPSA) is 74.2 Å². The number of guanidine groups is 1. The predicted molar refractivity (Wildman–Crippen MR) is 61.9 cm³/mol. The molecule has 3 rings (SSSR count). The quantitative estimate of drug-likeness (QED) is 0.587. The summed E-state index contributed by atoms with van der Waals surface area (Å²) >= 11 is 0. The summed E-state index contributed by atoms with van der Waals surface area (Å²) in [5, 5.41) is 9.39. The van der Waals surface area contributed by atoms with Crippen LogP contribution in [0.5, 0.6) is 0 Å². The summed E-state index contributed by atoms with van der Waals surface area (Å²) in [5.74, 6) is 0.512. The minimum Gasteiger partial charge on any atom is -0.369 e. The first-order valence-electron chi connectivity index (χ1n) is 5.10. The number of nitrogens with zero attached hydrogens (tertiary/aromatic N) is 3. The molecule has 0 saturated carbocycles. The van der Waals surface area contributed by atoms with Crippen molar-refractivity contribution >= 4 is 11.7 Å².